The lowest BCUT2D eigenvalue weighted by molar-refractivity contribution is -0.384. The molecule has 132 valence electrons. The molecule has 1 amide bonds. The van der Waals surface area contributed by atoms with E-state index in [1.165, 1.54) is 12.1 Å². The third-order valence-electron chi connectivity index (χ3n) is 3.75. The van der Waals surface area contributed by atoms with Crippen molar-refractivity contribution in [3.63, 3.8) is 0 Å². The van der Waals surface area contributed by atoms with Gasteiger partial charge in [-0.1, -0.05) is 0 Å². The summed E-state index contributed by atoms with van der Waals surface area (Å²) in [5.74, 6) is 0.539. The van der Waals surface area contributed by atoms with E-state index in [-0.39, 0.29) is 23.0 Å². The van der Waals surface area contributed by atoms with Gasteiger partial charge in [-0.15, -0.1) is 0 Å². The van der Waals surface area contributed by atoms with E-state index in [4.69, 9.17) is 15.2 Å². The van der Waals surface area contributed by atoms with Crippen LogP contribution in [-0.2, 0) is 0 Å². The third kappa shape index (κ3) is 3.97. The standard InChI is InChI=1S/C17H19N3O5/c1-10(13-9-12(24-2)5-7-16(13)25-3)19-14-6-4-11(17(18)21)8-15(14)20(22)23/h4-10,19H,1-3H3,(H2,18,21)/t10-/m1/s1. The van der Waals surface area contributed by atoms with Crippen molar-refractivity contribution >= 4 is 17.3 Å². The molecule has 0 spiro atoms. The van der Waals surface area contributed by atoms with Crippen molar-refractivity contribution in [3.05, 3.63) is 57.6 Å². The Bertz CT molecular complexity index is 807. The Morgan fingerprint density at radius 3 is 2.48 bits per heavy atom. The van der Waals surface area contributed by atoms with E-state index in [0.29, 0.717) is 11.5 Å². The van der Waals surface area contributed by atoms with Crippen molar-refractivity contribution in [1.29, 1.82) is 0 Å². The largest absolute Gasteiger partial charge is 0.497 e. The van der Waals surface area contributed by atoms with Gasteiger partial charge in [-0.2, -0.15) is 0 Å². The molecule has 0 bridgehead atoms. The van der Waals surface area contributed by atoms with Crippen LogP contribution < -0.4 is 20.5 Å². The van der Waals surface area contributed by atoms with Crippen LogP contribution in [-0.4, -0.2) is 25.1 Å². The van der Waals surface area contributed by atoms with Crippen LogP contribution in [0.2, 0.25) is 0 Å². The number of hydrogen-bond donors (Lipinski definition) is 2. The van der Waals surface area contributed by atoms with Crippen LogP contribution in [0.15, 0.2) is 36.4 Å². The molecular weight excluding hydrogens is 326 g/mol. The van der Waals surface area contributed by atoms with Gasteiger partial charge in [0.25, 0.3) is 5.69 Å². The molecule has 0 saturated heterocycles. The molecule has 0 unspecified atom stereocenters. The van der Waals surface area contributed by atoms with Gasteiger partial charge in [0.15, 0.2) is 0 Å². The lowest BCUT2D eigenvalue weighted by Gasteiger charge is -2.19. The summed E-state index contributed by atoms with van der Waals surface area (Å²) in [5.41, 5.74) is 6.07. The molecule has 0 saturated carbocycles. The Morgan fingerprint density at radius 2 is 1.92 bits per heavy atom. The molecule has 0 radical (unpaired) electrons. The molecule has 3 N–H and O–H groups in total. The van der Waals surface area contributed by atoms with E-state index in [1.807, 2.05) is 6.92 Å². The van der Waals surface area contributed by atoms with Crippen molar-refractivity contribution in [3.8, 4) is 11.5 Å². The number of nitrogens with one attached hydrogen (secondary N) is 1. The van der Waals surface area contributed by atoms with Crippen LogP contribution in [0.3, 0.4) is 0 Å². The minimum atomic E-state index is -0.725. The first kappa shape index (κ1) is 18.1. The molecule has 2 aromatic rings. The second kappa shape index (κ2) is 7.52. The summed E-state index contributed by atoms with van der Waals surface area (Å²) < 4.78 is 10.6. The monoisotopic (exact) mass is 345 g/mol. The lowest BCUT2D eigenvalue weighted by atomic mass is 10.1. The average molecular weight is 345 g/mol. The van der Waals surface area contributed by atoms with Gasteiger partial charge in [0.05, 0.1) is 25.2 Å². The lowest BCUT2D eigenvalue weighted by Crippen LogP contribution is -2.13. The first-order valence-electron chi connectivity index (χ1n) is 7.44. The number of methoxy groups -OCH3 is 2. The Morgan fingerprint density at radius 1 is 1.20 bits per heavy atom. The molecule has 2 rings (SSSR count). The summed E-state index contributed by atoms with van der Waals surface area (Å²) in [5, 5.41) is 14.4. The van der Waals surface area contributed by atoms with Gasteiger partial charge in [-0.3, -0.25) is 14.9 Å². The van der Waals surface area contributed by atoms with E-state index in [2.05, 4.69) is 5.32 Å². The number of carbonyl (C=O) groups is 1. The zero-order valence-electron chi connectivity index (χ0n) is 14.1. The fourth-order valence-corrected chi connectivity index (χ4v) is 2.45. The van der Waals surface area contributed by atoms with Crippen LogP contribution in [0.4, 0.5) is 11.4 Å². The van der Waals surface area contributed by atoms with Gasteiger partial charge in [-0.25, -0.2) is 0 Å². The Balaban J connectivity index is 2.39. The quantitative estimate of drug-likeness (QED) is 0.588. The Hall–Kier alpha value is -3.29. The maximum Gasteiger partial charge on any atom is 0.293 e. The van der Waals surface area contributed by atoms with Gasteiger partial charge in [-0.05, 0) is 37.3 Å². The van der Waals surface area contributed by atoms with Crippen LogP contribution in [0, 0.1) is 10.1 Å². The van der Waals surface area contributed by atoms with Crippen LogP contribution in [0.5, 0.6) is 11.5 Å². The summed E-state index contributed by atoms with van der Waals surface area (Å²) in [6.45, 7) is 1.84. The van der Waals surface area contributed by atoms with Crippen molar-refractivity contribution in [1.82, 2.24) is 0 Å². The maximum absolute atomic E-state index is 11.3. The van der Waals surface area contributed by atoms with Crippen LogP contribution in [0.25, 0.3) is 0 Å². The number of carbonyl (C=O) groups excluding carboxylic acids is 1. The van der Waals surface area contributed by atoms with Crippen molar-refractivity contribution < 1.29 is 19.2 Å². The molecule has 0 aliphatic rings. The van der Waals surface area contributed by atoms with E-state index < -0.39 is 10.8 Å². The highest BCUT2D eigenvalue weighted by Gasteiger charge is 2.20. The normalized spacial score (nSPS) is 11.5. The second-order valence-corrected chi connectivity index (χ2v) is 5.33. The number of anilines is 1. The second-order valence-electron chi connectivity index (χ2n) is 5.33. The van der Waals surface area contributed by atoms with E-state index in [0.717, 1.165) is 11.6 Å². The molecule has 2 aromatic carbocycles. The van der Waals surface area contributed by atoms with Crippen LogP contribution in [0.1, 0.15) is 28.9 Å². The van der Waals surface area contributed by atoms with Gasteiger partial charge in [0, 0.05) is 17.2 Å². The number of benzene rings is 2. The molecule has 0 heterocycles. The summed E-state index contributed by atoms with van der Waals surface area (Å²) in [6, 6.07) is 9.05. The molecule has 0 aliphatic heterocycles. The van der Waals surface area contributed by atoms with Crippen molar-refractivity contribution in [2.75, 3.05) is 19.5 Å². The fourth-order valence-electron chi connectivity index (χ4n) is 2.45. The first-order valence-corrected chi connectivity index (χ1v) is 7.44. The predicted molar refractivity (Wildman–Crippen MR) is 93.2 cm³/mol. The summed E-state index contributed by atoms with van der Waals surface area (Å²) in [4.78, 5) is 22.0. The average Bonchev–Trinajstić information content (AvgIpc) is 2.60. The molecule has 25 heavy (non-hydrogen) atoms. The zero-order valence-corrected chi connectivity index (χ0v) is 14.1. The number of nitrogens with zero attached hydrogens (tertiary/aromatic N) is 1. The topological polar surface area (TPSA) is 117 Å². The highest BCUT2D eigenvalue weighted by atomic mass is 16.6. The summed E-state index contributed by atoms with van der Waals surface area (Å²) >= 11 is 0. The smallest absolute Gasteiger partial charge is 0.293 e. The number of nitro groups is 1. The number of amides is 1. The van der Waals surface area contributed by atoms with E-state index >= 15 is 0 Å². The number of nitrogens with two attached hydrogens (primary N) is 1. The van der Waals surface area contributed by atoms with Crippen molar-refractivity contribution in [2.24, 2.45) is 5.73 Å². The molecule has 0 aromatic heterocycles. The highest BCUT2D eigenvalue weighted by Crippen LogP contribution is 2.34. The zero-order chi connectivity index (χ0) is 18.6. The predicted octanol–water partition coefficient (Wildman–Crippen LogP) is 2.88. The molecular formula is C17H19N3O5. The van der Waals surface area contributed by atoms with E-state index in [1.54, 1.807) is 32.4 Å². The Labute approximate surface area is 144 Å². The molecule has 0 fully saturated rings. The maximum atomic E-state index is 11.3. The van der Waals surface area contributed by atoms with Crippen LogP contribution >= 0.6 is 0 Å². The minimum absolute atomic E-state index is 0.0730. The number of primary amides is 1. The molecule has 0 aliphatic carbocycles. The van der Waals surface area contributed by atoms with Gasteiger partial charge in [0.1, 0.15) is 17.2 Å². The SMILES string of the molecule is COc1ccc(OC)c([C@@H](C)Nc2ccc(C(N)=O)cc2[N+](=O)[O-])c1. The first-order chi connectivity index (χ1) is 11.9. The van der Waals surface area contributed by atoms with Gasteiger partial charge < -0.3 is 20.5 Å². The van der Waals surface area contributed by atoms with E-state index in [9.17, 15) is 14.9 Å². The number of ether oxygens (including phenoxy) is 2. The highest BCUT2D eigenvalue weighted by molar-refractivity contribution is 5.94. The third-order valence-corrected chi connectivity index (χ3v) is 3.75. The molecule has 8 heteroatoms. The summed E-state index contributed by atoms with van der Waals surface area (Å²) in [6.07, 6.45) is 0. The Kier molecular flexibility index (Phi) is 5.43. The number of hydrogen-bond acceptors (Lipinski definition) is 6. The number of rotatable bonds is 7. The number of nitro benzene ring substituents is 1. The minimum Gasteiger partial charge on any atom is -0.497 e. The molecule has 8 nitrogen and oxygen atoms in total. The van der Waals surface area contributed by atoms with Gasteiger partial charge >= 0.3 is 0 Å². The fraction of sp³-hybridized carbons (Fsp3) is 0.235. The molecule has 1 atom stereocenters. The summed E-state index contributed by atoms with van der Waals surface area (Å²) in [7, 11) is 3.10. The van der Waals surface area contributed by atoms with Crippen molar-refractivity contribution in [2.45, 2.75) is 13.0 Å². The van der Waals surface area contributed by atoms with Gasteiger partial charge in [0.2, 0.25) is 5.91 Å².